The van der Waals surface area contributed by atoms with E-state index in [0.29, 0.717) is 23.0 Å². The summed E-state index contributed by atoms with van der Waals surface area (Å²) in [6.07, 6.45) is 24.6. The fraction of sp³-hybridized carbons (Fsp3) is 0.101. The maximum Gasteiger partial charge on any atom is 0.319 e. The largest absolute Gasteiger partial charge is 0.411 e. The molecule has 8 heterocycles. The van der Waals surface area contributed by atoms with Crippen molar-refractivity contribution in [2.75, 3.05) is 0 Å². The molecular formula is C69H57Ir6N17O3-6. The Bertz CT molecular complexity index is 4500. The van der Waals surface area contributed by atoms with Gasteiger partial charge in [0.1, 0.15) is 0 Å². The first-order chi connectivity index (χ1) is 43.4. The molecule has 8 aromatic heterocycles. The number of nitro groups is 1. The summed E-state index contributed by atoms with van der Waals surface area (Å²) in [5.41, 5.74) is 10.7. The van der Waals surface area contributed by atoms with E-state index in [-0.39, 0.29) is 126 Å². The van der Waals surface area contributed by atoms with Crippen molar-refractivity contribution in [3.8, 4) is 86.1 Å². The van der Waals surface area contributed by atoms with Crippen molar-refractivity contribution in [2.45, 2.75) is 20.8 Å². The molecule has 20 nitrogen and oxygen atoms in total. The van der Waals surface area contributed by atoms with Crippen molar-refractivity contribution >= 4 is 5.69 Å². The van der Waals surface area contributed by atoms with Crippen LogP contribution in [0.25, 0.3) is 80.0 Å². The zero-order valence-electron chi connectivity index (χ0n) is 51.6. The van der Waals surface area contributed by atoms with E-state index < -0.39 is 4.92 Å². The smallest absolute Gasteiger partial charge is 0.319 e. The summed E-state index contributed by atoms with van der Waals surface area (Å²) in [5.74, 6) is 5.03. The minimum absolute atomic E-state index is 0. The van der Waals surface area contributed by atoms with Crippen LogP contribution in [0.3, 0.4) is 0 Å². The number of pyridine rings is 1. The summed E-state index contributed by atoms with van der Waals surface area (Å²) in [7, 11) is 7.75. The van der Waals surface area contributed by atoms with E-state index in [4.69, 9.17) is 9.68 Å². The normalized spacial score (nSPS) is 9.62. The van der Waals surface area contributed by atoms with Gasteiger partial charge in [0.15, 0.2) is 5.69 Å². The summed E-state index contributed by atoms with van der Waals surface area (Å²) in [6, 6.07) is 62.1. The van der Waals surface area contributed by atoms with Crippen molar-refractivity contribution in [3.05, 3.63) is 289 Å². The number of nitrogens with zero attached hydrogens (tertiary/aromatic N) is 17. The van der Waals surface area contributed by atoms with Crippen LogP contribution in [-0.4, -0.2) is 77.4 Å². The van der Waals surface area contributed by atoms with Gasteiger partial charge in [0.2, 0.25) is 6.39 Å². The molecule has 95 heavy (non-hydrogen) atoms. The Kier molecular flexibility index (Phi) is 34.7. The molecule has 0 spiro atoms. The van der Waals surface area contributed by atoms with Crippen LogP contribution in [0.4, 0.5) is 5.69 Å². The molecule has 0 N–H and O–H groups in total. The molecule has 26 heteroatoms. The first-order valence-electron chi connectivity index (χ1n) is 27.5. The van der Waals surface area contributed by atoms with Crippen molar-refractivity contribution < 1.29 is 130 Å². The van der Waals surface area contributed by atoms with Gasteiger partial charge < -0.3 is 27.3 Å². The van der Waals surface area contributed by atoms with Gasteiger partial charge in [-0.1, -0.05) is 31.1 Å². The molecule has 0 amide bonds. The van der Waals surface area contributed by atoms with E-state index in [0.717, 1.165) is 68.3 Å². The van der Waals surface area contributed by atoms with E-state index in [2.05, 4.69) is 112 Å². The van der Waals surface area contributed by atoms with E-state index >= 15 is 0 Å². The Morgan fingerprint density at radius 2 is 1.01 bits per heavy atom. The Morgan fingerprint density at radius 3 is 1.47 bits per heavy atom. The van der Waals surface area contributed by atoms with Crippen LogP contribution in [0.5, 0.6) is 0 Å². The van der Waals surface area contributed by atoms with Gasteiger partial charge in [0.05, 0.1) is 52.9 Å². The van der Waals surface area contributed by atoms with Gasteiger partial charge in [-0.15, -0.1) is 195 Å². The molecule has 496 valence electrons. The van der Waals surface area contributed by atoms with Crippen LogP contribution < -0.4 is 0 Å². The van der Waals surface area contributed by atoms with Gasteiger partial charge in [0.25, 0.3) is 0 Å². The molecule has 14 rings (SSSR count). The second-order valence-corrected chi connectivity index (χ2v) is 19.4. The van der Waals surface area contributed by atoms with Crippen LogP contribution in [0.15, 0.2) is 225 Å². The number of hydrogen-bond donors (Lipinski definition) is 0. The number of non-ortho nitro benzene ring substituents is 1. The fourth-order valence-corrected chi connectivity index (χ4v) is 8.69. The van der Waals surface area contributed by atoms with Gasteiger partial charge in [-0.25, -0.2) is 0 Å². The summed E-state index contributed by atoms with van der Waals surface area (Å²) in [4.78, 5) is 39.8. The minimum Gasteiger partial charge on any atom is -0.411 e. The number of nitro benzene ring substituents is 1. The number of nitriles is 1. The molecule has 0 aliphatic carbocycles. The predicted octanol–water partition coefficient (Wildman–Crippen LogP) is 12.7. The topological polar surface area (TPSA) is 226 Å². The zero-order chi connectivity index (χ0) is 62.5. The number of hydrogen-bond acceptors (Lipinski definition) is 13. The van der Waals surface area contributed by atoms with Crippen LogP contribution >= 0.6 is 0 Å². The maximum absolute atomic E-state index is 10.6. The number of imidazole rings is 6. The van der Waals surface area contributed by atoms with Crippen LogP contribution in [0, 0.1) is 78.6 Å². The van der Waals surface area contributed by atoms with Crippen molar-refractivity contribution in [2.24, 2.45) is 28.2 Å². The predicted molar refractivity (Wildman–Crippen MR) is 337 cm³/mol. The van der Waals surface area contributed by atoms with Gasteiger partial charge in [-0.2, -0.15) is 5.26 Å². The average molecular weight is 2330 g/mol. The molecule has 0 fully saturated rings. The van der Waals surface area contributed by atoms with Gasteiger partial charge in [-0.05, 0) is 24.6 Å². The van der Waals surface area contributed by atoms with E-state index in [1.807, 2.05) is 177 Å². The van der Waals surface area contributed by atoms with E-state index in [1.54, 1.807) is 70.7 Å². The first kappa shape index (κ1) is 80.9. The zero-order valence-corrected chi connectivity index (χ0v) is 66.0. The third-order valence-corrected chi connectivity index (χ3v) is 13.2. The summed E-state index contributed by atoms with van der Waals surface area (Å²) in [6.45, 7) is 6.21. The summed E-state index contributed by atoms with van der Waals surface area (Å²) in [5, 5.41) is 26.8. The van der Waals surface area contributed by atoms with Crippen LogP contribution in [-0.2, 0) is 149 Å². The second kappa shape index (κ2) is 40.8. The van der Waals surface area contributed by atoms with E-state index in [1.165, 1.54) is 35.7 Å². The molecule has 0 atom stereocenters. The molecule has 0 unspecified atom stereocenters. The quantitative estimate of drug-likeness (QED) is 0.0745. The molecule has 6 aromatic carbocycles. The second-order valence-electron chi connectivity index (χ2n) is 19.4. The Morgan fingerprint density at radius 1 is 0.505 bits per heavy atom. The molecule has 0 aliphatic rings. The number of rotatable bonds is 9. The molecule has 0 saturated carbocycles. The number of benzene rings is 6. The first-order valence-corrected chi connectivity index (χ1v) is 27.5. The average Bonchev–Trinajstić information content (AvgIpc) is 1.80. The van der Waals surface area contributed by atoms with Crippen molar-refractivity contribution in [1.29, 1.82) is 5.26 Å². The van der Waals surface area contributed by atoms with Crippen LogP contribution in [0.2, 0.25) is 0 Å². The Balaban J connectivity index is 0.000000294. The molecule has 6 radical (unpaired) electrons. The van der Waals surface area contributed by atoms with Crippen molar-refractivity contribution in [1.82, 2.24) is 72.5 Å². The maximum atomic E-state index is 10.6. The third-order valence-electron chi connectivity index (χ3n) is 13.2. The SMILES string of the molecule is Cc1c[c-]c(-c2nccn2C)c(C)c1.Cc1cnc(-c2[c-]cccc2)n1C.Cn1ccnc1-c1[c-]ccc(C#N)c1.Cn1ccnc1-c1[c-]ccc([N+](=O)[O-])c1.[Ir].[Ir].[Ir].[Ir].[Ir].[Ir].[c-]1ccccc1-c1nccn1-c1cccnc1.[c-]1ccccc1-c1nccn1-c1nnco1. The molecular weight excluding hydrogens is 2270 g/mol. The fourth-order valence-electron chi connectivity index (χ4n) is 8.69. The molecule has 0 bridgehead atoms. The molecule has 14 aromatic rings. The standard InChI is InChI=1S/C14H10N3.C12H13N2.C11H7N4O.C11H8N3.C11H11N2.C10H8N3O2.6Ir/c1-2-5-12(6-3-1)14-16-9-10-17(14)13-7-4-8-15-11-13;1-9-4-5-11(10(2)8-9)12-13-6-7-14(12)3;1-2-4-9(5-3-1)10-12-6-7-15(10)11-14-13-8-16-11;1-14-6-5-13-11(14)10-4-2-3-9(7-10)8-12;1-9-8-12-11(13(9)2)10-6-4-3-5-7-10;1-12-6-5-11-10(12)8-3-2-4-9(7-8)13(14)15;;;;;;/h1-5,7-11H;4,6-8H,1-3H3;1-4,6-8H;2-3,5-7H,1H3;3-6,8H,1-2H3;2,4-7H,1H3;;;;;;/q6*-1;;;;;;. The number of aromatic nitrogens is 15. The minimum atomic E-state index is -0.430. The molecule has 0 aliphatic heterocycles. The Labute approximate surface area is 631 Å². The van der Waals surface area contributed by atoms with Gasteiger partial charge >= 0.3 is 6.01 Å². The monoisotopic (exact) mass is 2330 g/mol. The molecule has 0 saturated heterocycles. The van der Waals surface area contributed by atoms with Crippen LogP contribution in [0.1, 0.15) is 22.4 Å². The Hall–Kier alpha value is -8.34. The van der Waals surface area contributed by atoms with E-state index in [9.17, 15) is 10.1 Å². The van der Waals surface area contributed by atoms with Crippen molar-refractivity contribution in [3.63, 3.8) is 0 Å². The number of aryl methyl sites for hydroxylation is 6. The summed E-state index contributed by atoms with van der Waals surface area (Å²) >= 11 is 0. The van der Waals surface area contributed by atoms with Gasteiger partial charge in [-0.3, -0.25) is 49.6 Å². The summed E-state index contributed by atoms with van der Waals surface area (Å²) < 4.78 is 16.6. The van der Waals surface area contributed by atoms with Gasteiger partial charge in [0, 0.05) is 234 Å². The third kappa shape index (κ3) is 22.1.